The van der Waals surface area contributed by atoms with Gasteiger partial charge in [0.1, 0.15) is 0 Å². The second-order valence-electron chi connectivity index (χ2n) is 5.70. The zero-order valence-electron chi connectivity index (χ0n) is 12.2. The van der Waals surface area contributed by atoms with E-state index in [9.17, 15) is 0 Å². The second kappa shape index (κ2) is 6.00. The molecule has 2 aromatic carbocycles. The Morgan fingerprint density at radius 2 is 1.74 bits per heavy atom. The maximum atomic E-state index is 4.87. The van der Waals surface area contributed by atoms with Crippen molar-refractivity contribution < 1.29 is 0 Å². The molecule has 0 saturated heterocycles. The van der Waals surface area contributed by atoms with Crippen LogP contribution in [0.25, 0.3) is 10.8 Å². The predicted molar refractivity (Wildman–Crippen MR) is 89.1 cm³/mol. The molecule has 0 spiro atoms. The van der Waals surface area contributed by atoms with Gasteiger partial charge in [0.25, 0.3) is 0 Å². The summed E-state index contributed by atoms with van der Waals surface area (Å²) in [6.45, 7) is 6.78. The van der Waals surface area contributed by atoms with Gasteiger partial charge in [0, 0.05) is 4.75 Å². The molecular weight excluding hydrogens is 248 g/mol. The van der Waals surface area contributed by atoms with E-state index in [-0.39, 0.29) is 4.75 Å². The molecule has 0 aromatic heterocycles. The summed E-state index contributed by atoms with van der Waals surface area (Å²) in [6, 6.07) is 15.4. The number of fused-ring (bicyclic) bond motifs is 1. The normalized spacial score (nSPS) is 16.2. The summed E-state index contributed by atoms with van der Waals surface area (Å²) in [4.78, 5) is 0. The fraction of sp³-hybridized carbons (Fsp3) is 0.444. The minimum atomic E-state index is 0.125. The van der Waals surface area contributed by atoms with Gasteiger partial charge in [-0.25, -0.2) is 0 Å². The van der Waals surface area contributed by atoms with Crippen LogP contribution in [0, 0.1) is 5.92 Å². The van der Waals surface area contributed by atoms with E-state index in [0.717, 1.165) is 12.8 Å². The number of thiol groups is 1. The minimum Gasteiger partial charge on any atom is -0.173 e. The Morgan fingerprint density at radius 3 is 2.37 bits per heavy atom. The van der Waals surface area contributed by atoms with Crippen molar-refractivity contribution in [2.24, 2.45) is 5.92 Å². The molecular formula is C18H24S. The van der Waals surface area contributed by atoms with Crippen LogP contribution in [0.5, 0.6) is 0 Å². The van der Waals surface area contributed by atoms with Gasteiger partial charge in [-0.1, -0.05) is 69.7 Å². The largest absolute Gasteiger partial charge is 0.173 e. The first-order valence-electron chi connectivity index (χ1n) is 7.27. The first kappa shape index (κ1) is 14.5. The van der Waals surface area contributed by atoms with Gasteiger partial charge in [-0.3, -0.25) is 0 Å². The van der Waals surface area contributed by atoms with Crippen LogP contribution in [0.4, 0.5) is 0 Å². The summed E-state index contributed by atoms with van der Waals surface area (Å²) in [5.41, 5.74) is 1.43. The van der Waals surface area contributed by atoms with Gasteiger partial charge in [-0.15, -0.1) is 0 Å². The van der Waals surface area contributed by atoms with Gasteiger partial charge < -0.3 is 0 Å². The lowest BCUT2D eigenvalue weighted by Crippen LogP contribution is -2.29. The smallest absolute Gasteiger partial charge is 0.0130 e. The van der Waals surface area contributed by atoms with Crippen molar-refractivity contribution in [1.82, 2.24) is 0 Å². The minimum absolute atomic E-state index is 0.125. The van der Waals surface area contributed by atoms with Crippen LogP contribution in [0.2, 0.25) is 0 Å². The Labute approximate surface area is 122 Å². The van der Waals surface area contributed by atoms with Crippen LogP contribution >= 0.6 is 12.6 Å². The van der Waals surface area contributed by atoms with Gasteiger partial charge in [0.15, 0.2) is 0 Å². The van der Waals surface area contributed by atoms with Crippen molar-refractivity contribution in [1.29, 1.82) is 0 Å². The molecule has 0 bridgehead atoms. The van der Waals surface area contributed by atoms with Crippen molar-refractivity contribution in [3.63, 3.8) is 0 Å². The predicted octanol–water partition coefficient (Wildman–Crippen LogP) is 5.51. The van der Waals surface area contributed by atoms with Gasteiger partial charge >= 0.3 is 0 Å². The first-order valence-corrected chi connectivity index (χ1v) is 7.71. The molecule has 0 aliphatic carbocycles. The highest BCUT2D eigenvalue weighted by Crippen LogP contribution is 2.33. The van der Waals surface area contributed by atoms with Gasteiger partial charge in [-0.05, 0) is 35.1 Å². The van der Waals surface area contributed by atoms with Crippen molar-refractivity contribution >= 4 is 23.4 Å². The number of hydrogen-bond acceptors (Lipinski definition) is 1. The van der Waals surface area contributed by atoms with Crippen LogP contribution in [0.3, 0.4) is 0 Å². The fourth-order valence-electron chi connectivity index (χ4n) is 2.74. The number of rotatable bonds is 5. The molecule has 0 saturated carbocycles. The lowest BCUT2D eigenvalue weighted by Gasteiger charge is -2.32. The van der Waals surface area contributed by atoms with E-state index in [4.69, 9.17) is 12.6 Å². The highest BCUT2D eigenvalue weighted by atomic mass is 32.1. The van der Waals surface area contributed by atoms with E-state index in [1.807, 2.05) is 0 Å². The maximum Gasteiger partial charge on any atom is 0.0130 e. The van der Waals surface area contributed by atoms with Crippen LogP contribution in [-0.2, 0) is 6.42 Å². The lowest BCUT2D eigenvalue weighted by atomic mass is 9.83. The molecule has 2 atom stereocenters. The third kappa shape index (κ3) is 3.33. The maximum absolute atomic E-state index is 4.87. The molecule has 1 unspecified atom stereocenters. The molecule has 0 radical (unpaired) electrons. The molecule has 0 N–H and O–H groups in total. The Bertz CT molecular complexity index is 542. The highest BCUT2D eigenvalue weighted by Gasteiger charge is 2.27. The third-order valence-electron chi connectivity index (χ3n) is 4.38. The Kier molecular flexibility index (Phi) is 4.57. The van der Waals surface area contributed by atoms with Gasteiger partial charge in [0.2, 0.25) is 0 Å². The fourth-order valence-corrected chi connectivity index (χ4v) is 3.02. The van der Waals surface area contributed by atoms with E-state index in [0.29, 0.717) is 5.92 Å². The monoisotopic (exact) mass is 272 g/mol. The zero-order chi connectivity index (χ0) is 13.9. The summed E-state index contributed by atoms with van der Waals surface area (Å²) in [7, 11) is 0. The highest BCUT2D eigenvalue weighted by molar-refractivity contribution is 7.81. The zero-order valence-corrected chi connectivity index (χ0v) is 13.1. The Balaban J connectivity index is 2.24. The average molecular weight is 272 g/mol. The topological polar surface area (TPSA) is 0 Å². The summed E-state index contributed by atoms with van der Waals surface area (Å²) in [5.74, 6) is 0.627. The molecule has 0 fully saturated rings. The molecule has 0 aliphatic rings. The third-order valence-corrected chi connectivity index (χ3v) is 5.07. The molecule has 0 amide bonds. The van der Waals surface area contributed by atoms with Crippen molar-refractivity contribution in [2.45, 2.75) is 44.8 Å². The summed E-state index contributed by atoms with van der Waals surface area (Å²) in [5, 5.41) is 2.66. The molecule has 0 nitrogen and oxygen atoms in total. The molecule has 0 aliphatic heterocycles. The SMILES string of the molecule is CC[C@@H](Cc1ccc2ccccc2c1)C(C)(S)CC. The van der Waals surface area contributed by atoms with Crippen LogP contribution < -0.4 is 0 Å². The quantitative estimate of drug-likeness (QED) is 0.682. The second-order valence-corrected chi connectivity index (χ2v) is 6.72. The van der Waals surface area contributed by atoms with Gasteiger partial charge in [-0.2, -0.15) is 12.6 Å². The van der Waals surface area contributed by atoms with Crippen LogP contribution in [0.15, 0.2) is 42.5 Å². The summed E-state index contributed by atoms with van der Waals surface area (Å²) < 4.78 is 0.125. The van der Waals surface area contributed by atoms with E-state index < -0.39 is 0 Å². The van der Waals surface area contributed by atoms with E-state index in [2.05, 4.69) is 63.2 Å². The molecule has 0 heterocycles. The van der Waals surface area contributed by atoms with E-state index >= 15 is 0 Å². The van der Waals surface area contributed by atoms with E-state index in [1.54, 1.807) is 0 Å². The van der Waals surface area contributed by atoms with Crippen LogP contribution in [0.1, 0.15) is 39.2 Å². The van der Waals surface area contributed by atoms with Crippen LogP contribution in [-0.4, -0.2) is 4.75 Å². The average Bonchev–Trinajstić information content (AvgIpc) is 2.44. The molecule has 1 heteroatoms. The summed E-state index contributed by atoms with van der Waals surface area (Å²) >= 11 is 4.87. The lowest BCUT2D eigenvalue weighted by molar-refractivity contribution is 0.378. The first-order chi connectivity index (χ1) is 9.06. The molecule has 102 valence electrons. The van der Waals surface area contributed by atoms with Crippen molar-refractivity contribution in [2.75, 3.05) is 0 Å². The Hall–Kier alpha value is -0.950. The summed E-state index contributed by atoms with van der Waals surface area (Å²) in [6.07, 6.45) is 3.41. The number of benzene rings is 2. The molecule has 2 aromatic rings. The molecule has 2 rings (SSSR count). The van der Waals surface area contributed by atoms with Crippen molar-refractivity contribution in [3.05, 3.63) is 48.0 Å². The standard InChI is InChI=1S/C18H24S/c1-4-17(18(3,19)5-2)13-14-10-11-15-8-6-7-9-16(15)12-14/h6-12,17,19H,4-5,13H2,1-3H3/t17-,18?/m0/s1. The Morgan fingerprint density at radius 1 is 1.05 bits per heavy atom. The van der Waals surface area contributed by atoms with Gasteiger partial charge in [0.05, 0.1) is 0 Å². The molecule has 19 heavy (non-hydrogen) atoms. The van der Waals surface area contributed by atoms with E-state index in [1.165, 1.54) is 22.8 Å². The number of hydrogen-bond donors (Lipinski definition) is 1. The van der Waals surface area contributed by atoms with Crippen molar-refractivity contribution in [3.8, 4) is 0 Å².